The van der Waals surface area contributed by atoms with Gasteiger partial charge in [0.2, 0.25) is 5.91 Å². The molecule has 110 valence electrons. The second-order valence-electron chi connectivity index (χ2n) is 6.00. The zero-order valence-electron chi connectivity index (χ0n) is 12.1. The molecule has 4 nitrogen and oxygen atoms in total. The Morgan fingerprint density at radius 1 is 1.00 bits per heavy atom. The van der Waals surface area contributed by atoms with Crippen molar-refractivity contribution in [2.45, 2.75) is 44.9 Å². The molecule has 2 aliphatic rings. The molecule has 1 saturated carbocycles. The van der Waals surface area contributed by atoms with Crippen molar-refractivity contribution in [2.24, 2.45) is 11.7 Å². The standard InChI is InChI=1S/C15H29N3O/c16-8-4-5-9-17-10-12-18(13-11-17)15(19)14-6-2-1-3-7-14/h14H,1-13,16H2. The number of carbonyl (C=O) groups is 1. The van der Waals surface area contributed by atoms with Gasteiger partial charge in [0, 0.05) is 32.1 Å². The van der Waals surface area contributed by atoms with Crippen molar-refractivity contribution in [3.8, 4) is 0 Å². The Balaban J connectivity index is 1.68. The molecule has 0 radical (unpaired) electrons. The molecular formula is C15H29N3O. The Morgan fingerprint density at radius 2 is 1.68 bits per heavy atom. The maximum atomic E-state index is 12.4. The van der Waals surface area contributed by atoms with Gasteiger partial charge in [-0.1, -0.05) is 19.3 Å². The van der Waals surface area contributed by atoms with E-state index in [9.17, 15) is 4.79 Å². The molecule has 2 rings (SSSR count). The van der Waals surface area contributed by atoms with Crippen molar-refractivity contribution in [3.63, 3.8) is 0 Å². The zero-order chi connectivity index (χ0) is 13.5. The van der Waals surface area contributed by atoms with E-state index in [-0.39, 0.29) is 0 Å². The van der Waals surface area contributed by atoms with Crippen molar-refractivity contribution < 1.29 is 4.79 Å². The number of piperazine rings is 1. The van der Waals surface area contributed by atoms with Crippen molar-refractivity contribution in [2.75, 3.05) is 39.3 Å². The van der Waals surface area contributed by atoms with Crippen molar-refractivity contribution in [1.29, 1.82) is 0 Å². The largest absolute Gasteiger partial charge is 0.340 e. The first-order chi connectivity index (χ1) is 9.31. The highest BCUT2D eigenvalue weighted by atomic mass is 16.2. The molecule has 4 heteroatoms. The van der Waals surface area contributed by atoms with Gasteiger partial charge in [0.15, 0.2) is 0 Å². The summed E-state index contributed by atoms with van der Waals surface area (Å²) < 4.78 is 0. The van der Waals surface area contributed by atoms with Crippen LogP contribution in [0.3, 0.4) is 0 Å². The van der Waals surface area contributed by atoms with E-state index in [1.54, 1.807) is 0 Å². The lowest BCUT2D eigenvalue weighted by Crippen LogP contribution is -2.50. The Kier molecular flexibility index (Phi) is 6.11. The third-order valence-electron chi connectivity index (χ3n) is 4.57. The zero-order valence-corrected chi connectivity index (χ0v) is 12.1. The number of rotatable bonds is 5. The molecular weight excluding hydrogens is 238 g/mol. The summed E-state index contributed by atoms with van der Waals surface area (Å²) >= 11 is 0. The van der Waals surface area contributed by atoms with E-state index in [1.165, 1.54) is 25.7 Å². The average molecular weight is 267 g/mol. The molecule has 1 amide bonds. The number of hydrogen-bond acceptors (Lipinski definition) is 3. The lowest BCUT2D eigenvalue weighted by Gasteiger charge is -2.37. The van der Waals surface area contributed by atoms with Gasteiger partial charge in [-0.2, -0.15) is 0 Å². The first-order valence-corrected chi connectivity index (χ1v) is 8.02. The summed E-state index contributed by atoms with van der Waals surface area (Å²) in [5.41, 5.74) is 5.52. The highest BCUT2D eigenvalue weighted by Crippen LogP contribution is 2.25. The highest BCUT2D eigenvalue weighted by Gasteiger charge is 2.28. The quantitative estimate of drug-likeness (QED) is 0.767. The molecule has 0 bridgehead atoms. The molecule has 0 spiro atoms. The molecule has 2 fully saturated rings. The van der Waals surface area contributed by atoms with Gasteiger partial charge in [-0.3, -0.25) is 9.69 Å². The van der Waals surface area contributed by atoms with Crippen LogP contribution in [-0.2, 0) is 4.79 Å². The second kappa shape index (κ2) is 7.85. The summed E-state index contributed by atoms with van der Waals surface area (Å²) in [7, 11) is 0. The summed E-state index contributed by atoms with van der Waals surface area (Å²) in [6.45, 7) is 5.88. The minimum absolute atomic E-state index is 0.331. The van der Waals surface area contributed by atoms with Crippen LogP contribution in [0, 0.1) is 5.92 Å². The number of carbonyl (C=O) groups excluding carboxylic acids is 1. The van der Waals surface area contributed by atoms with E-state index in [1.807, 2.05) is 0 Å². The van der Waals surface area contributed by atoms with Crippen molar-refractivity contribution in [1.82, 2.24) is 9.80 Å². The van der Waals surface area contributed by atoms with Crippen LogP contribution in [0.2, 0.25) is 0 Å². The summed E-state index contributed by atoms with van der Waals surface area (Å²) in [6, 6.07) is 0. The van der Waals surface area contributed by atoms with E-state index >= 15 is 0 Å². The normalized spacial score (nSPS) is 22.7. The van der Waals surface area contributed by atoms with Gasteiger partial charge < -0.3 is 10.6 Å². The topological polar surface area (TPSA) is 49.6 Å². The molecule has 0 atom stereocenters. The summed E-state index contributed by atoms with van der Waals surface area (Å²) in [5.74, 6) is 0.763. The predicted molar refractivity (Wildman–Crippen MR) is 77.9 cm³/mol. The fourth-order valence-corrected chi connectivity index (χ4v) is 3.28. The Bertz CT molecular complexity index is 269. The SMILES string of the molecule is NCCCCN1CCN(C(=O)C2CCCCC2)CC1. The van der Waals surface area contributed by atoms with Gasteiger partial charge in [-0.05, 0) is 38.8 Å². The maximum Gasteiger partial charge on any atom is 0.225 e. The summed E-state index contributed by atoms with van der Waals surface area (Å²) in [4.78, 5) is 17.0. The molecule has 0 aromatic rings. The van der Waals surface area contributed by atoms with Crippen LogP contribution in [0.25, 0.3) is 0 Å². The van der Waals surface area contributed by atoms with Gasteiger partial charge in [-0.15, -0.1) is 0 Å². The second-order valence-corrected chi connectivity index (χ2v) is 6.00. The first kappa shape index (κ1) is 14.8. The van der Waals surface area contributed by atoms with Crippen LogP contribution in [0.5, 0.6) is 0 Å². The van der Waals surface area contributed by atoms with Crippen LogP contribution in [0.1, 0.15) is 44.9 Å². The van der Waals surface area contributed by atoms with Crippen molar-refractivity contribution in [3.05, 3.63) is 0 Å². The average Bonchev–Trinajstić information content (AvgIpc) is 2.48. The van der Waals surface area contributed by atoms with Crippen LogP contribution < -0.4 is 5.73 Å². The van der Waals surface area contributed by atoms with E-state index in [0.29, 0.717) is 11.8 Å². The molecule has 0 aromatic heterocycles. The van der Waals surface area contributed by atoms with Crippen LogP contribution >= 0.6 is 0 Å². The maximum absolute atomic E-state index is 12.4. The fraction of sp³-hybridized carbons (Fsp3) is 0.933. The molecule has 1 aliphatic heterocycles. The van der Waals surface area contributed by atoms with Crippen LogP contribution in [0.15, 0.2) is 0 Å². The number of unbranched alkanes of at least 4 members (excludes halogenated alkanes) is 1. The monoisotopic (exact) mass is 267 g/mol. The lowest BCUT2D eigenvalue weighted by molar-refractivity contribution is -0.138. The van der Waals surface area contributed by atoms with Gasteiger partial charge in [-0.25, -0.2) is 0 Å². The number of nitrogens with zero attached hydrogens (tertiary/aromatic N) is 2. The highest BCUT2D eigenvalue weighted by molar-refractivity contribution is 5.79. The number of hydrogen-bond donors (Lipinski definition) is 1. The molecule has 2 N–H and O–H groups in total. The van der Waals surface area contributed by atoms with Crippen LogP contribution in [-0.4, -0.2) is 55.0 Å². The number of amides is 1. The predicted octanol–water partition coefficient (Wildman–Crippen LogP) is 1.45. The molecule has 1 aliphatic carbocycles. The van der Waals surface area contributed by atoms with Gasteiger partial charge >= 0.3 is 0 Å². The molecule has 0 aromatic carbocycles. The minimum Gasteiger partial charge on any atom is -0.340 e. The Hall–Kier alpha value is -0.610. The first-order valence-electron chi connectivity index (χ1n) is 8.02. The smallest absolute Gasteiger partial charge is 0.225 e. The molecule has 1 saturated heterocycles. The van der Waals surface area contributed by atoms with Gasteiger partial charge in [0.1, 0.15) is 0 Å². The Morgan fingerprint density at radius 3 is 2.32 bits per heavy atom. The summed E-state index contributed by atoms with van der Waals surface area (Å²) in [5, 5.41) is 0. The number of nitrogens with two attached hydrogens (primary N) is 1. The molecule has 1 heterocycles. The fourth-order valence-electron chi connectivity index (χ4n) is 3.28. The van der Waals surface area contributed by atoms with E-state index < -0.39 is 0 Å². The van der Waals surface area contributed by atoms with Gasteiger partial charge in [0.25, 0.3) is 0 Å². The van der Waals surface area contributed by atoms with Gasteiger partial charge in [0.05, 0.1) is 0 Å². The molecule has 0 unspecified atom stereocenters. The van der Waals surface area contributed by atoms with E-state index in [0.717, 1.165) is 58.5 Å². The molecule has 19 heavy (non-hydrogen) atoms. The third-order valence-corrected chi connectivity index (χ3v) is 4.57. The van der Waals surface area contributed by atoms with Crippen LogP contribution in [0.4, 0.5) is 0 Å². The van der Waals surface area contributed by atoms with Crippen molar-refractivity contribution >= 4 is 5.91 Å². The lowest BCUT2D eigenvalue weighted by atomic mass is 9.88. The Labute approximate surface area is 117 Å². The summed E-state index contributed by atoms with van der Waals surface area (Å²) in [6.07, 6.45) is 8.35. The minimum atomic E-state index is 0.331. The third kappa shape index (κ3) is 4.46. The van der Waals surface area contributed by atoms with E-state index in [2.05, 4.69) is 9.80 Å². The van der Waals surface area contributed by atoms with E-state index in [4.69, 9.17) is 5.73 Å².